The van der Waals surface area contributed by atoms with Crippen LogP contribution < -0.4 is 10.1 Å². The van der Waals surface area contributed by atoms with E-state index >= 15 is 0 Å². The molecule has 1 amide bonds. The Bertz CT molecular complexity index is 881. The Hall–Kier alpha value is -2.38. The number of rotatable bonds is 9. The summed E-state index contributed by atoms with van der Waals surface area (Å²) in [7, 11) is -3.43. The Kier molecular flexibility index (Phi) is 7.38. The molecule has 0 aliphatic carbocycles. The van der Waals surface area contributed by atoms with Gasteiger partial charge in [0.2, 0.25) is 15.9 Å². The number of anilines is 1. The van der Waals surface area contributed by atoms with Gasteiger partial charge in [0.25, 0.3) is 0 Å². The van der Waals surface area contributed by atoms with Crippen LogP contribution in [0.15, 0.2) is 48.5 Å². The lowest BCUT2D eigenvalue weighted by Gasteiger charge is -2.20. The van der Waals surface area contributed by atoms with Gasteiger partial charge in [-0.05, 0) is 31.5 Å². The summed E-state index contributed by atoms with van der Waals surface area (Å²) in [5, 5.41) is 2.79. The van der Waals surface area contributed by atoms with E-state index in [0.717, 1.165) is 17.4 Å². The van der Waals surface area contributed by atoms with Crippen LogP contribution in [0.25, 0.3) is 0 Å². The van der Waals surface area contributed by atoms with Crippen molar-refractivity contribution in [2.24, 2.45) is 0 Å². The standard InChI is InChI=1S/C20H26N2O4S/c1-4-26-19-11-6-5-10-18(19)21-20(23)12-13-22(27(3,24)25)15-17-9-7-8-16(2)14-17/h5-11,14H,4,12-13,15H2,1-3H3,(H,21,23). The fourth-order valence-electron chi connectivity index (χ4n) is 2.67. The summed E-state index contributed by atoms with van der Waals surface area (Å²) in [6.07, 6.45) is 1.21. The van der Waals surface area contributed by atoms with Crippen LogP contribution in [-0.2, 0) is 21.4 Å². The smallest absolute Gasteiger partial charge is 0.225 e. The lowest BCUT2D eigenvalue weighted by molar-refractivity contribution is -0.116. The average molecular weight is 391 g/mol. The fraction of sp³-hybridized carbons (Fsp3) is 0.350. The second-order valence-electron chi connectivity index (χ2n) is 6.31. The minimum absolute atomic E-state index is 0.0549. The second-order valence-corrected chi connectivity index (χ2v) is 8.30. The molecular weight excluding hydrogens is 364 g/mol. The molecule has 0 radical (unpaired) electrons. The molecule has 0 aliphatic heterocycles. The predicted molar refractivity (Wildman–Crippen MR) is 107 cm³/mol. The lowest BCUT2D eigenvalue weighted by atomic mass is 10.1. The van der Waals surface area contributed by atoms with Gasteiger partial charge in [-0.3, -0.25) is 4.79 Å². The maximum Gasteiger partial charge on any atom is 0.225 e. The van der Waals surface area contributed by atoms with Crippen molar-refractivity contribution in [1.82, 2.24) is 4.31 Å². The Morgan fingerprint density at radius 1 is 1.15 bits per heavy atom. The highest BCUT2D eigenvalue weighted by Gasteiger charge is 2.19. The van der Waals surface area contributed by atoms with Crippen LogP contribution in [0.4, 0.5) is 5.69 Å². The van der Waals surface area contributed by atoms with Gasteiger partial charge in [-0.15, -0.1) is 0 Å². The van der Waals surface area contributed by atoms with E-state index in [4.69, 9.17) is 4.74 Å². The third-order valence-electron chi connectivity index (χ3n) is 3.96. The van der Waals surface area contributed by atoms with Gasteiger partial charge in [0.1, 0.15) is 5.75 Å². The molecular formula is C20H26N2O4S. The first-order valence-electron chi connectivity index (χ1n) is 8.82. The SMILES string of the molecule is CCOc1ccccc1NC(=O)CCN(Cc1cccc(C)c1)S(C)(=O)=O. The van der Waals surface area contributed by atoms with Gasteiger partial charge < -0.3 is 10.1 Å². The quantitative estimate of drug-likeness (QED) is 0.713. The van der Waals surface area contributed by atoms with Crippen molar-refractivity contribution in [2.75, 3.05) is 24.7 Å². The number of hydrogen-bond acceptors (Lipinski definition) is 4. The van der Waals surface area contributed by atoms with Crippen molar-refractivity contribution in [2.45, 2.75) is 26.8 Å². The molecule has 6 nitrogen and oxygen atoms in total. The van der Waals surface area contributed by atoms with E-state index in [1.165, 1.54) is 4.31 Å². The van der Waals surface area contributed by atoms with Crippen molar-refractivity contribution in [3.8, 4) is 5.75 Å². The van der Waals surface area contributed by atoms with Crippen molar-refractivity contribution < 1.29 is 17.9 Å². The minimum atomic E-state index is -3.43. The van der Waals surface area contributed by atoms with Crippen LogP contribution >= 0.6 is 0 Å². The average Bonchev–Trinajstić information content (AvgIpc) is 2.59. The van der Waals surface area contributed by atoms with Crippen LogP contribution in [-0.4, -0.2) is 38.0 Å². The molecule has 2 aromatic carbocycles. The van der Waals surface area contributed by atoms with Gasteiger partial charge in [-0.25, -0.2) is 8.42 Å². The van der Waals surface area contributed by atoms with Crippen molar-refractivity contribution in [3.05, 3.63) is 59.7 Å². The van der Waals surface area contributed by atoms with Crippen LogP contribution in [0.2, 0.25) is 0 Å². The van der Waals surface area contributed by atoms with E-state index in [0.29, 0.717) is 18.0 Å². The van der Waals surface area contributed by atoms with Crippen molar-refractivity contribution >= 4 is 21.6 Å². The minimum Gasteiger partial charge on any atom is -0.492 e. The molecule has 2 aromatic rings. The summed E-state index contributed by atoms with van der Waals surface area (Å²) in [6, 6.07) is 14.8. The summed E-state index contributed by atoms with van der Waals surface area (Å²) in [4.78, 5) is 12.3. The Labute approximate surface area is 161 Å². The monoisotopic (exact) mass is 390 g/mol. The molecule has 2 rings (SSSR count). The number of hydrogen-bond donors (Lipinski definition) is 1. The number of carbonyl (C=O) groups excluding carboxylic acids is 1. The number of aryl methyl sites for hydroxylation is 1. The third kappa shape index (κ3) is 6.69. The maximum atomic E-state index is 12.3. The van der Waals surface area contributed by atoms with Gasteiger partial charge in [-0.1, -0.05) is 42.0 Å². The molecule has 0 aromatic heterocycles. The molecule has 0 heterocycles. The molecule has 0 aliphatic rings. The zero-order valence-electron chi connectivity index (χ0n) is 15.9. The van der Waals surface area contributed by atoms with Crippen LogP contribution in [0, 0.1) is 6.92 Å². The maximum absolute atomic E-state index is 12.3. The number of amides is 1. The molecule has 1 N–H and O–H groups in total. The van der Waals surface area contributed by atoms with E-state index in [2.05, 4.69) is 5.32 Å². The molecule has 0 atom stereocenters. The van der Waals surface area contributed by atoms with Gasteiger partial charge in [0.05, 0.1) is 18.6 Å². The normalized spacial score (nSPS) is 11.4. The molecule has 0 saturated heterocycles. The molecule has 0 bridgehead atoms. The van der Waals surface area contributed by atoms with Crippen molar-refractivity contribution in [3.63, 3.8) is 0 Å². The predicted octanol–water partition coefficient (Wildman–Crippen LogP) is 3.18. The van der Waals surface area contributed by atoms with E-state index in [9.17, 15) is 13.2 Å². The van der Waals surface area contributed by atoms with Gasteiger partial charge in [-0.2, -0.15) is 4.31 Å². The van der Waals surface area contributed by atoms with E-state index in [-0.39, 0.29) is 25.4 Å². The molecule has 7 heteroatoms. The first-order chi connectivity index (χ1) is 12.8. The van der Waals surface area contributed by atoms with Gasteiger partial charge in [0, 0.05) is 19.5 Å². The summed E-state index contributed by atoms with van der Waals surface area (Å²) in [5.74, 6) is 0.327. The number of ether oxygens (including phenoxy) is 1. The Balaban J connectivity index is 2.01. The molecule has 0 spiro atoms. The summed E-state index contributed by atoms with van der Waals surface area (Å²) >= 11 is 0. The number of nitrogens with zero attached hydrogens (tertiary/aromatic N) is 1. The zero-order chi connectivity index (χ0) is 19.9. The first kappa shape index (κ1) is 20.9. The number of sulfonamides is 1. The zero-order valence-corrected chi connectivity index (χ0v) is 16.8. The largest absolute Gasteiger partial charge is 0.492 e. The number of nitrogens with one attached hydrogen (secondary N) is 1. The third-order valence-corrected chi connectivity index (χ3v) is 5.21. The number of para-hydroxylation sites is 2. The van der Waals surface area contributed by atoms with E-state index in [1.807, 2.05) is 44.2 Å². The molecule has 0 saturated carbocycles. The molecule has 146 valence electrons. The lowest BCUT2D eigenvalue weighted by Crippen LogP contribution is -2.32. The van der Waals surface area contributed by atoms with E-state index < -0.39 is 10.0 Å². The number of carbonyl (C=O) groups is 1. The highest BCUT2D eigenvalue weighted by atomic mass is 32.2. The van der Waals surface area contributed by atoms with Crippen molar-refractivity contribution in [1.29, 1.82) is 0 Å². The molecule has 0 fully saturated rings. The molecule has 27 heavy (non-hydrogen) atoms. The summed E-state index contributed by atoms with van der Waals surface area (Å²) in [5.41, 5.74) is 2.53. The molecule has 0 unspecified atom stereocenters. The topological polar surface area (TPSA) is 75.7 Å². The highest BCUT2D eigenvalue weighted by Crippen LogP contribution is 2.23. The van der Waals surface area contributed by atoms with Crippen LogP contribution in [0.1, 0.15) is 24.5 Å². The van der Waals surface area contributed by atoms with Gasteiger partial charge >= 0.3 is 0 Å². The number of benzene rings is 2. The Morgan fingerprint density at radius 2 is 1.89 bits per heavy atom. The van der Waals surface area contributed by atoms with Crippen LogP contribution in [0.5, 0.6) is 5.75 Å². The highest BCUT2D eigenvalue weighted by molar-refractivity contribution is 7.88. The van der Waals surface area contributed by atoms with Gasteiger partial charge in [0.15, 0.2) is 0 Å². The Morgan fingerprint density at radius 3 is 2.56 bits per heavy atom. The fourth-order valence-corrected chi connectivity index (χ4v) is 3.47. The first-order valence-corrected chi connectivity index (χ1v) is 10.7. The summed E-state index contributed by atoms with van der Waals surface area (Å²) < 4.78 is 31.0. The van der Waals surface area contributed by atoms with Crippen LogP contribution in [0.3, 0.4) is 0 Å². The summed E-state index contributed by atoms with van der Waals surface area (Å²) in [6.45, 7) is 4.66. The second kappa shape index (κ2) is 9.53. The van der Waals surface area contributed by atoms with E-state index in [1.54, 1.807) is 18.2 Å².